The van der Waals surface area contributed by atoms with E-state index in [-0.39, 0.29) is 5.69 Å². The third kappa shape index (κ3) is 1.48. The molecule has 0 bridgehead atoms. The summed E-state index contributed by atoms with van der Waals surface area (Å²) in [6, 6.07) is 0. The van der Waals surface area contributed by atoms with Gasteiger partial charge in [-0.15, -0.1) is 0 Å². The average Bonchev–Trinajstić information content (AvgIpc) is 2.33. The molecule has 0 aliphatic carbocycles. The van der Waals surface area contributed by atoms with Gasteiger partial charge in [-0.1, -0.05) is 5.43 Å². The van der Waals surface area contributed by atoms with E-state index >= 15 is 0 Å². The molecular formula is C4H3N3O5. The molecule has 0 spiro atoms. The normalized spacial score (nSPS) is 9.33. The first-order valence-electron chi connectivity index (χ1n) is 2.73. The Kier molecular flexibility index (Phi) is 1.90. The lowest BCUT2D eigenvalue weighted by Crippen LogP contribution is -2.08. The molecule has 0 aromatic carbocycles. The molecular weight excluding hydrogens is 170 g/mol. The van der Waals surface area contributed by atoms with E-state index in [1.54, 1.807) is 5.43 Å². The van der Waals surface area contributed by atoms with E-state index in [1.165, 1.54) is 0 Å². The minimum absolute atomic E-state index is 0.273. The van der Waals surface area contributed by atoms with Crippen molar-refractivity contribution in [3.63, 3.8) is 0 Å². The first kappa shape index (κ1) is 7.98. The quantitative estimate of drug-likeness (QED) is 0.534. The number of hydrogen-bond donors (Lipinski definition) is 1. The number of furan rings is 1. The van der Waals surface area contributed by atoms with Gasteiger partial charge in [-0.05, 0) is 0 Å². The van der Waals surface area contributed by atoms with Gasteiger partial charge in [-0.2, -0.15) is 0 Å². The Bertz CT molecular complexity index is 318. The fraction of sp³-hybridized carbons (Fsp3) is 0. The van der Waals surface area contributed by atoms with Crippen molar-refractivity contribution in [2.45, 2.75) is 0 Å². The molecule has 0 aliphatic heterocycles. The van der Waals surface area contributed by atoms with Crippen LogP contribution in [0.2, 0.25) is 0 Å². The maximum absolute atomic E-state index is 10.1. The fourth-order valence-electron chi connectivity index (χ4n) is 0.614. The number of nitrogens with zero attached hydrogens (tertiary/aromatic N) is 2. The zero-order valence-corrected chi connectivity index (χ0v) is 5.59. The van der Waals surface area contributed by atoms with E-state index in [0.29, 0.717) is 0 Å². The highest BCUT2D eigenvalue weighted by Crippen LogP contribution is 2.24. The largest absolute Gasteiger partial charge is 0.463 e. The monoisotopic (exact) mass is 173 g/mol. The summed E-state index contributed by atoms with van der Waals surface area (Å²) in [6.45, 7) is 0. The molecule has 0 amide bonds. The molecule has 0 saturated heterocycles. The van der Waals surface area contributed by atoms with Gasteiger partial charge in [-0.25, -0.2) is 10.1 Å². The van der Waals surface area contributed by atoms with Crippen LogP contribution < -0.4 is 5.43 Å². The predicted octanol–water partition coefficient (Wildman–Crippen LogP) is 0.791. The third-order valence-corrected chi connectivity index (χ3v) is 1.05. The zero-order chi connectivity index (χ0) is 9.14. The Balaban J connectivity index is 2.91. The van der Waals surface area contributed by atoms with E-state index in [1.807, 2.05) is 0 Å². The minimum Gasteiger partial charge on any atom is -0.463 e. The van der Waals surface area contributed by atoms with E-state index < -0.39 is 15.6 Å². The second-order valence-corrected chi connectivity index (χ2v) is 1.80. The highest BCUT2D eigenvalue weighted by atomic mass is 16.7. The van der Waals surface area contributed by atoms with Crippen LogP contribution in [-0.2, 0) is 0 Å². The van der Waals surface area contributed by atoms with Gasteiger partial charge in [0.05, 0.1) is 4.92 Å². The second-order valence-electron chi connectivity index (χ2n) is 1.80. The van der Waals surface area contributed by atoms with Crippen LogP contribution in [0.4, 0.5) is 11.4 Å². The Morgan fingerprint density at radius 3 is 2.50 bits per heavy atom. The summed E-state index contributed by atoms with van der Waals surface area (Å²) in [7, 11) is 0. The third-order valence-electron chi connectivity index (χ3n) is 1.05. The molecule has 0 unspecified atom stereocenters. The van der Waals surface area contributed by atoms with Gasteiger partial charge in [-0.3, -0.25) is 10.1 Å². The van der Waals surface area contributed by atoms with Crippen LogP contribution in [-0.4, -0.2) is 9.96 Å². The van der Waals surface area contributed by atoms with E-state index in [9.17, 15) is 20.2 Å². The van der Waals surface area contributed by atoms with Crippen LogP contribution in [0.5, 0.6) is 0 Å². The molecule has 0 radical (unpaired) electrons. The SMILES string of the molecule is O=[N+]([O-])Nc1cocc1[N+](=O)[O-]. The molecule has 8 nitrogen and oxygen atoms in total. The zero-order valence-electron chi connectivity index (χ0n) is 5.59. The summed E-state index contributed by atoms with van der Waals surface area (Å²) in [5.74, 6) is 0. The van der Waals surface area contributed by atoms with Crippen molar-refractivity contribution in [3.05, 3.63) is 32.8 Å². The summed E-state index contributed by atoms with van der Waals surface area (Å²) < 4.78 is 4.40. The Labute approximate surface area is 65.1 Å². The lowest BCUT2D eigenvalue weighted by atomic mass is 10.5. The maximum Gasteiger partial charge on any atom is 0.336 e. The summed E-state index contributed by atoms with van der Waals surface area (Å²) in [5, 5.41) is 19.1. The van der Waals surface area contributed by atoms with Gasteiger partial charge in [0, 0.05) is 0 Å². The van der Waals surface area contributed by atoms with Gasteiger partial charge in [0.15, 0.2) is 11.3 Å². The van der Waals surface area contributed by atoms with Crippen molar-refractivity contribution in [3.8, 4) is 0 Å². The van der Waals surface area contributed by atoms with Crippen LogP contribution in [0.3, 0.4) is 0 Å². The molecule has 0 fully saturated rings. The van der Waals surface area contributed by atoms with Crippen molar-refractivity contribution in [1.82, 2.24) is 0 Å². The molecule has 1 aromatic heterocycles. The predicted molar refractivity (Wildman–Crippen MR) is 36.0 cm³/mol. The number of anilines is 1. The summed E-state index contributed by atoms with van der Waals surface area (Å²) in [4.78, 5) is 19.2. The molecule has 0 aliphatic rings. The molecule has 64 valence electrons. The van der Waals surface area contributed by atoms with E-state index in [0.717, 1.165) is 12.5 Å². The lowest BCUT2D eigenvalue weighted by molar-refractivity contribution is -0.447. The van der Waals surface area contributed by atoms with Crippen LogP contribution >= 0.6 is 0 Å². The van der Waals surface area contributed by atoms with Crippen molar-refractivity contribution < 1.29 is 14.4 Å². The van der Waals surface area contributed by atoms with Crippen molar-refractivity contribution >= 4 is 11.4 Å². The Morgan fingerprint density at radius 1 is 1.33 bits per heavy atom. The average molecular weight is 173 g/mol. The van der Waals surface area contributed by atoms with Crippen LogP contribution in [0.1, 0.15) is 0 Å². The maximum atomic E-state index is 10.1. The Morgan fingerprint density at radius 2 is 2.00 bits per heavy atom. The smallest absolute Gasteiger partial charge is 0.336 e. The van der Waals surface area contributed by atoms with E-state index in [4.69, 9.17) is 0 Å². The highest BCUT2D eigenvalue weighted by Gasteiger charge is 2.19. The van der Waals surface area contributed by atoms with Gasteiger partial charge < -0.3 is 4.42 Å². The number of hydrazine groups is 1. The molecule has 1 N–H and O–H groups in total. The molecule has 0 saturated carbocycles. The molecule has 12 heavy (non-hydrogen) atoms. The molecule has 1 aromatic rings. The van der Waals surface area contributed by atoms with Gasteiger partial charge in [0.1, 0.15) is 6.26 Å². The van der Waals surface area contributed by atoms with Crippen LogP contribution in [0.25, 0.3) is 0 Å². The standard InChI is InChI=1S/C4H3N3O5/c8-6(9)4-2-12-1-3(4)5-7(10)11/h1-2,5H. The van der Waals surface area contributed by atoms with Crippen LogP contribution in [0, 0.1) is 20.2 Å². The van der Waals surface area contributed by atoms with Crippen molar-refractivity contribution in [2.75, 3.05) is 5.43 Å². The van der Waals surface area contributed by atoms with E-state index in [2.05, 4.69) is 4.42 Å². The van der Waals surface area contributed by atoms with Gasteiger partial charge >= 0.3 is 5.69 Å². The molecule has 0 atom stereocenters. The fourth-order valence-corrected chi connectivity index (χ4v) is 0.614. The number of hydrogen-bond acceptors (Lipinski definition) is 5. The lowest BCUT2D eigenvalue weighted by Gasteiger charge is -1.89. The van der Waals surface area contributed by atoms with Gasteiger partial charge in [0.2, 0.25) is 5.69 Å². The molecule has 1 heterocycles. The number of nitro groups is 2. The Hall–Kier alpha value is -2.12. The van der Waals surface area contributed by atoms with Crippen molar-refractivity contribution in [2.24, 2.45) is 0 Å². The number of rotatable bonds is 3. The first-order chi connectivity index (χ1) is 5.61. The second kappa shape index (κ2) is 2.86. The molecule has 8 heteroatoms. The summed E-state index contributed by atoms with van der Waals surface area (Å²) >= 11 is 0. The number of nitrogens with one attached hydrogen (secondary N) is 1. The summed E-state index contributed by atoms with van der Waals surface area (Å²) in [5.41, 5.74) is 0.882. The van der Waals surface area contributed by atoms with Gasteiger partial charge in [0.25, 0.3) is 0 Å². The summed E-state index contributed by atoms with van der Waals surface area (Å²) in [6.07, 6.45) is 1.70. The first-order valence-corrected chi connectivity index (χ1v) is 2.73. The van der Waals surface area contributed by atoms with Crippen LogP contribution in [0.15, 0.2) is 16.9 Å². The topological polar surface area (TPSA) is 111 Å². The highest BCUT2D eigenvalue weighted by molar-refractivity contribution is 5.56. The minimum atomic E-state index is -0.905. The molecule has 1 rings (SSSR count). The van der Waals surface area contributed by atoms with Crippen molar-refractivity contribution in [1.29, 1.82) is 0 Å².